The van der Waals surface area contributed by atoms with Crippen LogP contribution in [0.25, 0.3) is 0 Å². The van der Waals surface area contributed by atoms with Gasteiger partial charge in [0.2, 0.25) is 0 Å². The molecular weight excluding hydrogens is 375 g/mol. The van der Waals surface area contributed by atoms with Gasteiger partial charge in [-0.1, -0.05) is 20.3 Å². The highest BCUT2D eigenvalue weighted by atomic mass is 19.4. The van der Waals surface area contributed by atoms with Crippen LogP contribution >= 0.6 is 0 Å². The van der Waals surface area contributed by atoms with Gasteiger partial charge in [-0.3, -0.25) is 14.7 Å². The Morgan fingerprint density at radius 3 is 2.54 bits per heavy atom. The average Bonchev–Trinajstić information content (AvgIpc) is 3.08. The molecule has 2 saturated heterocycles. The zero-order chi connectivity index (χ0) is 20.5. The molecule has 1 aromatic heterocycles. The van der Waals surface area contributed by atoms with Crippen molar-refractivity contribution in [2.75, 3.05) is 19.7 Å². The van der Waals surface area contributed by atoms with Gasteiger partial charge < -0.3 is 9.64 Å². The fraction of sp³-hybridized carbons (Fsp3) is 0.632. The van der Waals surface area contributed by atoms with Gasteiger partial charge in [0, 0.05) is 25.3 Å². The topological polar surface area (TPSA) is 62.7 Å². The van der Waals surface area contributed by atoms with E-state index in [0.717, 1.165) is 24.8 Å². The number of hydrogen-bond acceptors (Lipinski definition) is 4. The predicted octanol–water partition coefficient (Wildman–Crippen LogP) is 3.57. The number of pyridine rings is 1. The van der Waals surface area contributed by atoms with Crippen LogP contribution in [0, 0.1) is 5.92 Å². The number of rotatable bonds is 4. The number of amides is 2. The fourth-order valence-electron chi connectivity index (χ4n) is 3.80. The van der Waals surface area contributed by atoms with Gasteiger partial charge in [-0.15, -0.1) is 0 Å². The molecular formula is C19H24F3N3O3. The van der Waals surface area contributed by atoms with Gasteiger partial charge in [-0.05, 0) is 30.9 Å². The van der Waals surface area contributed by atoms with E-state index in [1.807, 2.05) is 4.90 Å². The van der Waals surface area contributed by atoms with E-state index in [4.69, 9.17) is 4.74 Å². The van der Waals surface area contributed by atoms with Crippen molar-refractivity contribution in [1.82, 2.24) is 14.8 Å². The molecule has 3 rings (SSSR count). The van der Waals surface area contributed by atoms with Crippen LogP contribution in [0.4, 0.5) is 18.0 Å². The molecule has 2 fully saturated rings. The van der Waals surface area contributed by atoms with E-state index in [-0.39, 0.29) is 29.6 Å². The van der Waals surface area contributed by atoms with Crippen molar-refractivity contribution in [2.24, 2.45) is 5.92 Å². The Morgan fingerprint density at radius 1 is 1.32 bits per heavy atom. The number of carbonyl (C=O) groups is 2. The summed E-state index contributed by atoms with van der Waals surface area (Å²) in [6, 6.07) is 2.02. The SMILES string of the molecule is CCC(C)C1COC(=O)N1C1CCN(C(=O)c2ccc(C(F)(F)F)nc2)CC1. The van der Waals surface area contributed by atoms with Crippen LogP contribution < -0.4 is 0 Å². The smallest absolute Gasteiger partial charge is 0.433 e. The van der Waals surface area contributed by atoms with Crippen molar-refractivity contribution in [3.05, 3.63) is 29.6 Å². The van der Waals surface area contributed by atoms with E-state index < -0.39 is 11.9 Å². The van der Waals surface area contributed by atoms with Crippen LogP contribution in [0.5, 0.6) is 0 Å². The third-order valence-corrected chi connectivity index (χ3v) is 5.69. The lowest BCUT2D eigenvalue weighted by atomic mass is 9.95. The van der Waals surface area contributed by atoms with Gasteiger partial charge in [-0.25, -0.2) is 4.79 Å². The Balaban J connectivity index is 1.62. The first kappa shape index (κ1) is 20.4. The Labute approximate surface area is 161 Å². The minimum Gasteiger partial charge on any atom is -0.447 e. The number of aromatic nitrogens is 1. The molecule has 154 valence electrons. The molecule has 0 bridgehead atoms. The summed E-state index contributed by atoms with van der Waals surface area (Å²) in [5.74, 6) is -0.0218. The molecule has 3 heterocycles. The summed E-state index contributed by atoms with van der Waals surface area (Å²) >= 11 is 0. The highest BCUT2D eigenvalue weighted by Gasteiger charge is 2.41. The molecule has 2 atom stereocenters. The van der Waals surface area contributed by atoms with Crippen molar-refractivity contribution in [3.8, 4) is 0 Å². The molecule has 0 radical (unpaired) electrons. The van der Waals surface area contributed by atoms with Crippen molar-refractivity contribution >= 4 is 12.0 Å². The summed E-state index contributed by atoms with van der Waals surface area (Å²) in [5.41, 5.74) is -0.893. The summed E-state index contributed by atoms with van der Waals surface area (Å²) < 4.78 is 43.1. The summed E-state index contributed by atoms with van der Waals surface area (Å²) in [7, 11) is 0. The number of alkyl halides is 3. The first-order valence-corrected chi connectivity index (χ1v) is 9.50. The van der Waals surface area contributed by atoms with Crippen molar-refractivity contribution < 1.29 is 27.5 Å². The zero-order valence-electron chi connectivity index (χ0n) is 15.9. The van der Waals surface area contributed by atoms with Crippen LogP contribution in [0.3, 0.4) is 0 Å². The molecule has 6 nitrogen and oxygen atoms in total. The van der Waals surface area contributed by atoms with Crippen LogP contribution in [0.15, 0.2) is 18.3 Å². The van der Waals surface area contributed by atoms with E-state index in [1.165, 1.54) is 0 Å². The molecule has 9 heteroatoms. The Morgan fingerprint density at radius 2 is 2.00 bits per heavy atom. The van der Waals surface area contributed by atoms with Crippen molar-refractivity contribution in [3.63, 3.8) is 0 Å². The second-order valence-electron chi connectivity index (χ2n) is 7.39. The minimum absolute atomic E-state index is 0.00350. The molecule has 0 aromatic carbocycles. The lowest BCUT2D eigenvalue weighted by Gasteiger charge is -2.39. The average molecular weight is 399 g/mol. The number of ether oxygens (including phenoxy) is 1. The third-order valence-electron chi connectivity index (χ3n) is 5.69. The van der Waals surface area contributed by atoms with E-state index in [9.17, 15) is 22.8 Å². The summed E-state index contributed by atoms with van der Waals surface area (Å²) in [6.07, 6.45) is -1.70. The monoisotopic (exact) mass is 399 g/mol. The second kappa shape index (κ2) is 7.97. The van der Waals surface area contributed by atoms with Gasteiger partial charge in [0.05, 0.1) is 11.6 Å². The normalized spacial score (nSPS) is 22.3. The fourth-order valence-corrected chi connectivity index (χ4v) is 3.80. The van der Waals surface area contributed by atoms with Crippen LogP contribution in [0.2, 0.25) is 0 Å². The standard InChI is InChI=1S/C19H24F3N3O3/c1-3-12(2)15-11-28-18(27)25(15)14-6-8-24(9-7-14)17(26)13-4-5-16(23-10-13)19(20,21)22/h4-5,10,12,14-15H,3,6-9,11H2,1-2H3. The molecule has 1 aromatic rings. The van der Waals surface area contributed by atoms with Crippen LogP contribution in [-0.4, -0.2) is 58.6 Å². The molecule has 2 unspecified atom stereocenters. The maximum Gasteiger partial charge on any atom is 0.433 e. The molecule has 2 aliphatic heterocycles. The number of hydrogen-bond donors (Lipinski definition) is 0. The number of likely N-dealkylation sites (tertiary alicyclic amines) is 1. The molecule has 0 aliphatic carbocycles. The molecule has 0 saturated carbocycles. The van der Waals surface area contributed by atoms with Gasteiger partial charge in [0.25, 0.3) is 5.91 Å². The first-order chi connectivity index (χ1) is 13.2. The quantitative estimate of drug-likeness (QED) is 0.777. The number of cyclic esters (lactones) is 1. The van der Waals surface area contributed by atoms with Gasteiger partial charge >= 0.3 is 12.3 Å². The van der Waals surface area contributed by atoms with Gasteiger partial charge in [-0.2, -0.15) is 13.2 Å². The van der Waals surface area contributed by atoms with E-state index >= 15 is 0 Å². The maximum absolute atomic E-state index is 12.6. The van der Waals surface area contributed by atoms with Crippen LogP contribution in [-0.2, 0) is 10.9 Å². The summed E-state index contributed by atoms with van der Waals surface area (Å²) in [5, 5.41) is 0. The maximum atomic E-state index is 12.6. The number of piperidine rings is 1. The molecule has 2 amide bonds. The third kappa shape index (κ3) is 4.07. The summed E-state index contributed by atoms with van der Waals surface area (Å²) in [6.45, 7) is 5.42. The van der Waals surface area contributed by atoms with Crippen LogP contribution in [0.1, 0.15) is 49.2 Å². The zero-order valence-corrected chi connectivity index (χ0v) is 15.9. The lowest BCUT2D eigenvalue weighted by molar-refractivity contribution is -0.141. The Bertz CT molecular complexity index is 715. The van der Waals surface area contributed by atoms with Crippen molar-refractivity contribution in [2.45, 2.75) is 51.4 Å². The van der Waals surface area contributed by atoms with Gasteiger partial charge in [0.1, 0.15) is 12.3 Å². The highest BCUT2D eigenvalue weighted by Crippen LogP contribution is 2.30. The second-order valence-corrected chi connectivity index (χ2v) is 7.39. The van der Waals surface area contributed by atoms with E-state index in [0.29, 0.717) is 38.5 Å². The highest BCUT2D eigenvalue weighted by molar-refractivity contribution is 5.94. The molecule has 2 aliphatic rings. The first-order valence-electron chi connectivity index (χ1n) is 9.50. The largest absolute Gasteiger partial charge is 0.447 e. The number of halogens is 3. The van der Waals surface area contributed by atoms with E-state index in [2.05, 4.69) is 18.8 Å². The molecule has 0 spiro atoms. The van der Waals surface area contributed by atoms with Gasteiger partial charge in [0.15, 0.2) is 0 Å². The summed E-state index contributed by atoms with van der Waals surface area (Å²) in [4.78, 5) is 31.5. The minimum atomic E-state index is -4.53. The number of carbonyl (C=O) groups excluding carboxylic acids is 2. The Hall–Kier alpha value is -2.32. The lowest BCUT2D eigenvalue weighted by Crippen LogP contribution is -2.51. The number of nitrogens with zero attached hydrogens (tertiary/aromatic N) is 3. The Kier molecular flexibility index (Phi) is 5.81. The predicted molar refractivity (Wildman–Crippen MR) is 94.6 cm³/mol. The molecule has 28 heavy (non-hydrogen) atoms. The molecule has 0 N–H and O–H groups in total. The van der Waals surface area contributed by atoms with E-state index in [1.54, 1.807) is 4.90 Å². The van der Waals surface area contributed by atoms with Crippen molar-refractivity contribution in [1.29, 1.82) is 0 Å².